The molecule has 4 rings (SSSR count). The number of fused-ring (bicyclic) bond motifs is 2. The number of anilines is 1. The Labute approximate surface area is 119 Å². The monoisotopic (exact) mass is 268 g/mol. The van der Waals surface area contributed by atoms with E-state index in [4.69, 9.17) is 9.72 Å². The van der Waals surface area contributed by atoms with Crippen molar-refractivity contribution in [1.82, 2.24) is 4.98 Å². The standard InChI is InChI=1S/C17H20N2O/c1-2-11-4-3-5-13-16(11)19-15-8-9-20-10-14(15)17(13)18-12-6-7-12/h3-5,12H,2,6-10H2,1H3,(H,18,19). The second-order valence-electron chi connectivity index (χ2n) is 5.80. The lowest BCUT2D eigenvalue weighted by molar-refractivity contribution is 0.110. The highest BCUT2D eigenvalue weighted by Gasteiger charge is 2.26. The summed E-state index contributed by atoms with van der Waals surface area (Å²) in [6, 6.07) is 7.19. The zero-order valence-electron chi connectivity index (χ0n) is 11.9. The highest BCUT2D eigenvalue weighted by molar-refractivity contribution is 5.95. The molecule has 0 amide bonds. The van der Waals surface area contributed by atoms with E-state index in [1.807, 2.05) is 0 Å². The van der Waals surface area contributed by atoms with Crippen molar-refractivity contribution in [2.75, 3.05) is 11.9 Å². The van der Waals surface area contributed by atoms with Gasteiger partial charge in [0.25, 0.3) is 0 Å². The normalized spacial score (nSPS) is 18.1. The third-order valence-electron chi connectivity index (χ3n) is 4.32. The lowest BCUT2D eigenvalue weighted by Crippen LogP contribution is -2.16. The van der Waals surface area contributed by atoms with Crippen molar-refractivity contribution in [3.63, 3.8) is 0 Å². The van der Waals surface area contributed by atoms with E-state index < -0.39 is 0 Å². The van der Waals surface area contributed by atoms with Crippen molar-refractivity contribution in [3.05, 3.63) is 35.0 Å². The van der Waals surface area contributed by atoms with Gasteiger partial charge in [-0.25, -0.2) is 0 Å². The fourth-order valence-corrected chi connectivity index (χ4v) is 3.02. The van der Waals surface area contributed by atoms with Gasteiger partial charge in [-0.2, -0.15) is 0 Å². The van der Waals surface area contributed by atoms with Gasteiger partial charge in [0, 0.05) is 23.4 Å². The number of nitrogens with one attached hydrogen (secondary N) is 1. The summed E-state index contributed by atoms with van der Waals surface area (Å²) in [6.45, 7) is 3.69. The Hall–Kier alpha value is -1.61. The van der Waals surface area contributed by atoms with Crippen molar-refractivity contribution in [2.24, 2.45) is 0 Å². The average Bonchev–Trinajstić information content (AvgIpc) is 3.30. The van der Waals surface area contributed by atoms with Gasteiger partial charge in [-0.1, -0.05) is 25.1 Å². The van der Waals surface area contributed by atoms with E-state index in [0.29, 0.717) is 12.6 Å². The molecule has 20 heavy (non-hydrogen) atoms. The number of aromatic nitrogens is 1. The molecule has 0 bridgehead atoms. The summed E-state index contributed by atoms with van der Waals surface area (Å²) in [5.74, 6) is 0. The Morgan fingerprint density at radius 1 is 1.35 bits per heavy atom. The minimum Gasteiger partial charge on any atom is -0.381 e. The highest BCUT2D eigenvalue weighted by atomic mass is 16.5. The number of para-hydroxylation sites is 1. The first kappa shape index (κ1) is 12.2. The van der Waals surface area contributed by atoms with Crippen LogP contribution in [0.25, 0.3) is 10.9 Å². The van der Waals surface area contributed by atoms with Crippen molar-refractivity contribution >= 4 is 16.6 Å². The largest absolute Gasteiger partial charge is 0.381 e. The van der Waals surface area contributed by atoms with E-state index in [9.17, 15) is 0 Å². The lowest BCUT2D eigenvalue weighted by Gasteiger charge is -2.22. The van der Waals surface area contributed by atoms with Crippen LogP contribution in [-0.2, 0) is 24.2 Å². The number of benzene rings is 1. The topological polar surface area (TPSA) is 34.2 Å². The molecule has 2 aliphatic rings. The molecule has 1 aliphatic heterocycles. The first-order chi connectivity index (χ1) is 9.86. The summed E-state index contributed by atoms with van der Waals surface area (Å²) in [6.07, 6.45) is 4.53. The molecule has 1 fully saturated rings. The van der Waals surface area contributed by atoms with Crippen molar-refractivity contribution in [3.8, 4) is 0 Å². The Bertz CT molecular complexity index is 662. The molecule has 3 heteroatoms. The van der Waals surface area contributed by atoms with Gasteiger partial charge in [-0.05, 0) is 24.8 Å². The summed E-state index contributed by atoms with van der Waals surface area (Å²) in [5.41, 5.74) is 6.31. The van der Waals surface area contributed by atoms with Crippen LogP contribution in [0, 0.1) is 0 Å². The Morgan fingerprint density at radius 2 is 2.25 bits per heavy atom. The van der Waals surface area contributed by atoms with Gasteiger partial charge in [-0.15, -0.1) is 0 Å². The molecule has 104 valence electrons. The summed E-state index contributed by atoms with van der Waals surface area (Å²) in [7, 11) is 0. The van der Waals surface area contributed by atoms with Gasteiger partial charge in [-0.3, -0.25) is 4.98 Å². The minimum absolute atomic E-state index is 0.650. The maximum Gasteiger partial charge on any atom is 0.0758 e. The summed E-state index contributed by atoms with van der Waals surface area (Å²) in [5, 5.41) is 4.98. The first-order valence-electron chi connectivity index (χ1n) is 7.64. The smallest absolute Gasteiger partial charge is 0.0758 e. The molecule has 0 spiro atoms. The van der Waals surface area contributed by atoms with Gasteiger partial charge in [0.15, 0.2) is 0 Å². The number of rotatable bonds is 3. The van der Waals surface area contributed by atoms with Gasteiger partial charge >= 0.3 is 0 Å². The minimum atomic E-state index is 0.650. The van der Waals surface area contributed by atoms with Crippen LogP contribution in [0.4, 0.5) is 5.69 Å². The molecule has 1 saturated carbocycles. The Balaban J connectivity index is 1.97. The number of aryl methyl sites for hydroxylation is 1. The molecule has 1 aliphatic carbocycles. The number of hydrogen-bond acceptors (Lipinski definition) is 3. The molecule has 0 radical (unpaired) electrons. The van der Waals surface area contributed by atoms with E-state index >= 15 is 0 Å². The molecule has 0 saturated heterocycles. The first-order valence-corrected chi connectivity index (χ1v) is 7.64. The number of ether oxygens (including phenoxy) is 1. The van der Waals surface area contributed by atoms with E-state index in [0.717, 1.165) is 19.4 Å². The number of nitrogens with zero attached hydrogens (tertiary/aromatic N) is 1. The predicted molar refractivity (Wildman–Crippen MR) is 81.1 cm³/mol. The lowest BCUT2D eigenvalue weighted by atomic mass is 9.99. The number of pyridine rings is 1. The van der Waals surface area contributed by atoms with Gasteiger partial charge in [0.1, 0.15) is 0 Å². The third-order valence-corrected chi connectivity index (χ3v) is 4.32. The van der Waals surface area contributed by atoms with Crippen LogP contribution in [-0.4, -0.2) is 17.6 Å². The molecule has 1 N–H and O–H groups in total. The van der Waals surface area contributed by atoms with Crippen LogP contribution in [0.1, 0.15) is 36.6 Å². The second-order valence-corrected chi connectivity index (χ2v) is 5.80. The zero-order valence-corrected chi connectivity index (χ0v) is 11.9. The van der Waals surface area contributed by atoms with E-state index in [2.05, 4.69) is 30.4 Å². The zero-order chi connectivity index (χ0) is 13.5. The number of hydrogen-bond donors (Lipinski definition) is 1. The molecule has 0 atom stereocenters. The average molecular weight is 268 g/mol. The van der Waals surface area contributed by atoms with E-state index in [-0.39, 0.29) is 0 Å². The van der Waals surface area contributed by atoms with Crippen molar-refractivity contribution in [1.29, 1.82) is 0 Å². The third kappa shape index (κ3) is 1.97. The maximum absolute atomic E-state index is 5.66. The highest BCUT2D eigenvalue weighted by Crippen LogP contribution is 2.36. The van der Waals surface area contributed by atoms with Crippen LogP contribution in [0.5, 0.6) is 0 Å². The summed E-state index contributed by atoms with van der Waals surface area (Å²) >= 11 is 0. The molecule has 1 aromatic carbocycles. The Morgan fingerprint density at radius 3 is 3.05 bits per heavy atom. The molecule has 2 heterocycles. The van der Waals surface area contributed by atoms with Crippen LogP contribution < -0.4 is 5.32 Å². The van der Waals surface area contributed by atoms with E-state index in [1.165, 1.54) is 46.3 Å². The van der Waals surface area contributed by atoms with Gasteiger partial charge in [0.05, 0.1) is 30.1 Å². The van der Waals surface area contributed by atoms with Crippen LogP contribution in [0.15, 0.2) is 18.2 Å². The van der Waals surface area contributed by atoms with Crippen molar-refractivity contribution in [2.45, 2.75) is 45.3 Å². The molecular formula is C17H20N2O. The van der Waals surface area contributed by atoms with Crippen LogP contribution >= 0.6 is 0 Å². The summed E-state index contributed by atoms with van der Waals surface area (Å²) in [4.78, 5) is 4.95. The van der Waals surface area contributed by atoms with Gasteiger partial charge < -0.3 is 10.1 Å². The molecule has 3 nitrogen and oxygen atoms in total. The molecule has 1 aromatic heterocycles. The molecular weight excluding hydrogens is 248 g/mol. The molecule has 2 aromatic rings. The van der Waals surface area contributed by atoms with Crippen molar-refractivity contribution < 1.29 is 4.74 Å². The summed E-state index contributed by atoms with van der Waals surface area (Å²) < 4.78 is 5.66. The fourth-order valence-electron chi connectivity index (χ4n) is 3.02. The van der Waals surface area contributed by atoms with Crippen LogP contribution in [0.3, 0.4) is 0 Å². The molecule has 0 unspecified atom stereocenters. The van der Waals surface area contributed by atoms with Gasteiger partial charge in [0.2, 0.25) is 0 Å². The SMILES string of the molecule is CCc1cccc2c(NC3CC3)c3c(nc12)CCOC3. The van der Waals surface area contributed by atoms with E-state index in [1.54, 1.807) is 0 Å². The quantitative estimate of drug-likeness (QED) is 0.926. The second kappa shape index (κ2) is 4.74. The predicted octanol–water partition coefficient (Wildman–Crippen LogP) is 3.44. The van der Waals surface area contributed by atoms with Crippen LogP contribution in [0.2, 0.25) is 0 Å². The maximum atomic E-state index is 5.66. The fraction of sp³-hybridized carbons (Fsp3) is 0.471. The Kier molecular flexibility index (Phi) is 2.88.